The number of rotatable bonds is 5. The van der Waals surface area contributed by atoms with Crippen LogP contribution in [0.15, 0.2) is 42.5 Å². The van der Waals surface area contributed by atoms with Crippen LogP contribution in [0.2, 0.25) is 0 Å². The third-order valence-corrected chi connectivity index (χ3v) is 2.86. The van der Waals surface area contributed by atoms with Crippen molar-refractivity contribution in [2.45, 2.75) is 6.42 Å². The van der Waals surface area contributed by atoms with Gasteiger partial charge in [0.15, 0.2) is 0 Å². The van der Waals surface area contributed by atoms with Gasteiger partial charge < -0.3 is 10.4 Å². The van der Waals surface area contributed by atoms with Crippen molar-refractivity contribution in [2.24, 2.45) is 0 Å². The van der Waals surface area contributed by atoms with Crippen molar-refractivity contribution in [2.75, 3.05) is 11.9 Å². The maximum absolute atomic E-state index is 13.4. The van der Waals surface area contributed by atoms with Gasteiger partial charge in [-0.3, -0.25) is 0 Å². The first-order valence-electron chi connectivity index (χ1n) is 6.07. The number of carboxylic acids is 1. The van der Waals surface area contributed by atoms with Crippen LogP contribution >= 0.6 is 0 Å². The fourth-order valence-electron chi connectivity index (χ4n) is 1.80. The lowest BCUT2D eigenvalue weighted by atomic mass is 10.1. The van der Waals surface area contributed by atoms with Crippen LogP contribution in [0.25, 0.3) is 0 Å². The lowest BCUT2D eigenvalue weighted by Crippen LogP contribution is -2.06. The van der Waals surface area contributed by atoms with E-state index in [0.717, 1.165) is 11.6 Å². The van der Waals surface area contributed by atoms with Crippen LogP contribution in [0.5, 0.6) is 0 Å². The SMILES string of the molecule is O=C(O)c1ccc(NCCc2ccc(F)cc2)cc1F. The molecule has 0 aromatic heterocycles. The summed E-state index contributed by atoms with van der Waals surface area (Å²) in [6, 6.07) is 10.0. The van der Waals surface area contributed by atoms with Gasteiger partial charge in [-0.15, -0.1) is 0 Å². The van der Waals surface area contributed by atoms with E-state index in [4.69, 9.17) is 5.11 Å². The lowest BCUT2D eigenvalue weighted by Gasteiger charge is -2.07. The van der Waals surface area contributed by atoms with E-state index in [-0.39, 0.29) is 11.4 Å². The molecule has 0 amide bonds. The molecule has 2 aromatic carbocycles. The summed E-state index contributed by atoms with van der Waals surface area (Å²) >= 11 is 0. The Morgan fingerprint density at radius 1 is 1.10 bits per heavy atom. The van der Waals surface area contributed by atoms with Gasteiger partial charge in [0.05, 0.1) is 5.56 Å². The van der Waals surface area contributed by atoms with E-state index in [9.17, 15) is 13.6 Å². The average Bonchev–Trinajstić information content (AvgIpc) is 2.41. The predicted molar refractivity (Wildman–Crippen MR) is 72.0 cm³/mol. The minimum Gasteiger partial charge on any atom is -0.478 e. The minimum atomic E-state index is -1.29. The number of nitrogens with one attached hydrogen (secondary N) is 1. The van der Waals surface area contributed by atoms with Gasteiger partial charge in [0.25, 0.3) is 0 Å². The van der Waals surface area contributed by atoms with Crippen molar-refractivity contribution in [1.29, 1.82) is 0 Å². The Labute approximate surface area is 114 Å². The first-order valence-corrected chi connectivity index (χ1v) is 6.07. The molecule has 2 rings (SSSR count). The van der Waals surface area contributed by atoms with E-state index < -0.39 is 11.8 Å². The Morgan fingerprint density at radius 2 is 1.80 bits per heavy atom. The molecule has 0 saturated heterocycles. The highest BCUT2D eigenvalue weighted by Gasteiger charge is 2.09. The molecule has 0 heterocycles. The standard InChI is InChI=1S/C15H13F2NO2/c16-11-3-1-10(2-4-11)7-8-18-12-5-6-13(15(19)20)14(17)9-12/h1-6,9,18H,7-8H2,(H,19,20). The van der Waals surface area contributed by atoms with Crippen LogP contribution in [0.1, 0.15) is 15.9 Å². The quantitative estimate of drug-likeness (QED) is 0.881. The molecule has 0 atom stereocenters. The lowest BCUT2D eigenvalue weighted by molar-refractivity contribution is 0.0692. The van der Waals surface area contributed by atoms with E-state index in [1.165, 1.54) is 24.3 Å². The normalized spacial score (nSPS) is 10.3. The Kier molecular flexibility index (Phi) is 4.30. The molecule has 2 aromatic rings. The smallest absolute Gasteiger partial charge is 0.338 e. The van der Waals surface area contributed by atoms with Crippen LogP contribution in [0.3, 0.4) is 0 Å². The molecule has 0 aliphatic rings. The molecule has 20 heavy (non-hydrogen) atoms. The molecule has 0 aliphatic carbocycles. The number of benzene rings is 2. The summed E-state index contributed by atoms with van der Waals surface area (Å²) in [7, 11) is 0. The van der Waals surface area contributed by atoms with Crippen molar-refractivity contribution in [3.8, 4) is 0 Å². The number of hydrogen-bond acceptors (Lipinski definition) is 2. The summed E-state index contributed by atoms with van der Waals surface area (Å²) in [5.41, 5.74) is 1.12. The number of carboxylic acid groups (broad SMARTS) is 1. The number of hydrogen-bond donors (Lipinski definition) is 2. The zero-order valence-corrected chi connectivity index (χ0v) is 10.6. The summed E-state index contributed by atoms with van der Waals surface area (Å²) in [5.74, 6) is -2.35. The molecular formula is C15H13F2NO2. The third-order valence-electron chi connectivity index (χ3n) is 2.86. The van der Waals surface area contributed by atoms with Gasteiger partial charge >= 0.3 is 5.97 Å². The monoisotopic (exact) mass is 277 g/mol. The molecule has 0 saturated carbocycles. The Bertz CT molecular complexity index is 612. The highest BCUT2D eigenvalue weighted by molar-refractivity contribution is 5.88. The second-order valence-corrected chi connectivity index (χ2v) is 4.30. The maximum Gasteiger partial charge on any atom is 0.338 e. The van der Waals surface area contributed by atoms with Gasteiger partial charge in [0, 0.05) is 12.2 Å². The van der Waals surface area contributed by atoms with Gasteiger partial charge in [-0.2, -0.15) is 0 Å². The van der Waals surface area contributed by atoms with E-state index in [2.05, 4.69) is 5.32 Å². The van der Waals surface area contributed by atoms with Crippen LogP contribution in [0.4, 0.5) is 14.5 Å². The summed E-state index contributed by atoms with van der Waals surface area (Å²) < 4.78 is 26.1. The molecule has 0 bridgehead atoms. The van der Waals surface area contributed by atoms with E-state index in [1.807, 2.05) is 0 Å². The highest BCUT2D eigenvalue weighted by atomic mass is 19.1. The van der Waals surface area contributed by atoms with Gasteiger partial charge in [-0.05, 0) is 42.3 Å². The molecule has 0 fully saturated rings. The van der Waals surface area contributed by atoms with Crippen molar-refractivity contribution >= 4 is 11.7 Å². The summed E-state index contributed by atoms with van der Waals surface area (Å²) in [5, 5.41) is 11.7. The summed E-state index contributed by atoms with van der Waals surface area (Å²) in [6.07, 6.45) is 0.655. The van der Waals surface area contributed by atoms with Gasteiger partial charge in [-0.1, -0.05) is 12.1 Å². The average molecular weight is 277 g/mol. The highest BCUT2D eigenvalue weighted by Crippen LogP contribution is 2.14. The summed E-state index contributed by atoms with van der Waals surface area (Å²) in [4.78, 5) is 10.7. The third kappa shape index (κ3) is 3.54. The number of anilines is 1. The first-order chi connectivity index (χ1) is 9.56. The largest absolute Gasteiger partial charge is 0.478 e. The number of halogens is 2. The van der Waals surface area contributed by atoms with Crippen LogP contribution in [0, 0.1) is 11.6 Å². The molecule has 0 aliphatic heterocycles. The second kappa shape index (κ2) is 6.14. The predicted octanol–water partition coefficient (Wildman–Crippen LogP) is 3.32. The Morgan fingerprint density at radius 3 is 2.40 bits per heavy atom. The van der Waals surface area contributed by atoms with E-state index in [0.29, 0.717) is 18.7 Å². The molecular weight excluding hydrogens is 264 g/mol. The van der Waals surface area contributed by atoms with E-state index >= 15 is 0 Å². The second-order valence-electron chi connectivity index (χ2n) is 4.30. The number of carbonyl (C=O) groups is 1. The van der Waals surface area contributed by atoms with Crippen molar-refractivity contribution in [1.82, 2.24) is 0 Å². The van der Waals surface area contributed by atoms with Crippen molar-refractivity contribution in [3.05, 3.63) is 65.2 Å². The van der Waals surface area contributed by atoms with Crippen LogP contribution < -0.4 is 5.32 Å². The molecule has 3 nitrogen and oxygen atoms in total. The Balaban J connectivity index is 1.92. The fourth-order valence-corrected chi connectivity index (χ4v) is 1.80. The molecule has 0 radical (unpaired) electrons. The van der Waals surface area contributed by atoms with Crippen LogP contribution in [-0.2, 0) is 6.42 Å². The minimum absolute atomic E-state index is 0.284. The topological polar surface area (TPSA) is 49.3 Å². The van der Waals surface area contributed by atoms with Crippen molar-refractivity contribution in [3.63, 3.8) is 0 Å². The van der Waals surface area contributed by atoms with Gasteiger partial charge in [-0.25, -0.2) is 13.6 Å². The fraction of sp³-hybridized carbons (Fsp3) is 0.133. The first kappa shape index (κ1) is 14.0. The van der Waals surface area contributed by atoms with Gasteiger partial charge in [0.1, 0.15) is 11.6 Å². The van der Waals surface area contributed by atoms with Gasteiger partial charge in [0.2, 0.25) is 0 Å². The molecule has 0 spiro atoms. The van der Waals surface area contributed by atoms with Crippen molar-refractivity contribution < 1.29 is 18.7 Å². The zero-order valence-electron chi connectivity index (χ0n) is 10.6. The molecule has 5 heteroatoms. The summed E-state index contributed by atoms with van der Waals surface area (Å²) in [6.45, 7) is 0.539. The Hall–Kier alpha value is -2.43. The maximum atomic E-state index is 13.4. The number of aromatic carboxylic acids is 1. The molecule has 0 unspecified atom stereocenters. The molecule has 104 valence electrons. The molecule has 2 N–H and O–H groups in total. The zero-order chi connectivity index (χ0) is 14.5. The van der Waals surface area contributed by atoms with E-state index in [1.54, 1.807) is 12.1 Å². The van der Waals surface area contributed by atoms with Crippen LogP contribution in [-0.4, -0.2) is 17.6 Å².